The first-order valence-corrected chi connectivity index (χ1v) is 8.08. The van der Waals surface area contributed by atoms with Crippen molar-refractivity contribution >= 4 is 5.84 Å². The lowest BCUT2D eigenvalue weighted by Crippen LogP contribution is -2.32. The van der Waals surface area contributed by atoms with E-state index >= 15 is 0 Å². The molecule has 0 rings (SSSR count). The quantitative estimate of drug-likeness (QED) is 0.320. The van der Waals surface area contributed by atoms with Crippen LogP contribution in [0.5, 0.6) is 0 Å². The lowest BCUT2D eigenvalue weighted by atomic mass is 9.97. The van der Waals surface area contributed by atoms with Gasteiger partial charge in [-0.3, -0.25) is 4.99 Å². The topological polar surface area (TPSA) is 24.4 Å². The van der Waals surface area contributed by atoms with Gasteiger partial charge in [0.2, 0.25) is 0 Å². The average molecular weight is 254 g/mol. The Morgan fingerprint density at radius 2 is 1.61 bits per heavy atom. The third-order valence-corrected chi connectivity index (χ3v) is 3.42. The smallest absolute Gasteiger partial charge is 0.0994 e. The molecule has 0 aliphatic carbocycles. The van der Waals surface area contributed by atoms with Crippen molar-refractivity contribution in [2.75, 3.05) is 13.1 Å². The second-order valence-electron chi connectivity index (χ2n) is 5.15. The molecular weight excluding hydrogens is 220 g/mol. The monoisotopic (exact) mass is 254 g/mol. The summed E-state index contributed by atoms with van der Waals surface area (Å²) in [7, 11) is 0. The van der Waals surface area contributed by atoms with Crippen LogP contribution in [0.15, 0.2) is 4.99 Å². The Labute approximate surface area is 115 Å². The van der Waals surface area contributed by atoms with Gasteiger partial charge in [0.05, 0.1) is 5.84 Å². The van der Waals surface area contributed by atoms with Crippen molar-refractivity contribution in [3.8, 4) is 0 Å². The van der Waals surface area contributed by atoms with E-state index in [1.807, 2.05) is 0 Å². The fourth-order valence-corrected chi connectivity index (χ4v) is 2.06. The molecule has 0 heterocycles. The molecular formula is C16H34N2. The number of aliphatic imine (C=N–C) groups is 1. The summed E-state index contributed by atoms with van der Waals surface area (Å²) >= 11 is 0. The zero-order valence-electron chi connectivity index (χ0n) is 13.1. The zero-order chi connectivity index (χ0) is 13.6. The van der Waals surface area contributed by atoms with Gasteiger partial charge in [-0.1, -0.05) is 53.4 Å². The van der Waals surface area contributed by atoms with E-state index in [2.05, 4.69) is 33.0 Å². The van der Waals surface area contributed by atoms with Crippen LogP contribution in [-0.4, -0.2) is 18.9 Å². The largest absolute Gasteiger partial charge is 0.374 e. The van der Waals surface area contributed by atoms with Gasteiger partial charge in [0.15, 0.2) is 0 Å². The molecule has 1 N–H and O–H groups in total. The van der Waals surface area contributed by atoms with Gasteiger partial charge in [-0.25, -0.2) is 0 Å². The lowest BCUT2D eigenvalue weighted by molar-refractivity contribution is 0.547. The van der Waals surface area contributed by atoms with E-state index in [1.165, 1.54) is 57.2 Å². The van der Waals surface area contributed by atoms with Crippen LogP contribution >= 0.6 is 0 Å². The molecule has 0 spiro atoms. The third-order valence-electron chi connectivity index (χ3n) is 3.42. The van der Waals surface area contributed by atoms with Gasteiger partial charge in [0.1, 0.15) is 0 Å². The molecule has 1 unspecified atom stereocenters. The van der Waals surface area contributed by atoms with Crippen molar-refractivity contribution in [3.63, 3.8) is 0 Å². The number of unbranched alkanes of at least 4 members (excludes halogenated alkanes) is 3. The number of hydrogen-bond acceptors (Lipinski definition) is 1. The second-order valence-corrected chi connectivity index (χ2v) is 5.15. The minimum Gasteiger partial charge on any atom is -0.374 e. The number of nitrogens with zero attached hydrogens (tertiary/aromatic N) is 1. The first-order chi connectivity index (χ1) is 8.79. The zero-order valence-corrected chi connectivity index (χ0v) is 13.1. The highest BCUT2D eigenvalue weighted by atomic mass is 15.0. The Hall–Kier alpha value is -0.530. The first-order valence-electron chi connectivity index (χ1n) is 8.08. The van der Waals surface area contributed by atoms with Gasteiger partial charge in [-0.2, -0.15) is 0 Å². The Morgan fingerprint density at radius 3 is 2.17 bits per heavy atom. The van der Waals surface area contributed by atoms with Gasteiger partial charge >= 0.3 is 0 Å². The van der Waals surface area contributed by atoms with E-state index in [4.69, 9.17) is 4.99 Å². The number of rotatable bonds is 11. The van der Waals surface area contributed by atoms with Crippen LogP contribution in [0.25, 0.3) is 0 Å². The molecule has 0 radical (unpaired) electrons. The van der Waals surface area contributed by atoms with E-state index in [0.29, 0.717) is 5.92 Å². The summed E-state index contributed by atoms with van der Waals surface area (Å²) in [4.78, 5) is 4.81. The van der Waals surface area contributed by atoms with E-state index in [1.54, 1.807) is 0 Å². The predicted molar refractivity (Wildman–Crippen MR) is 83.4 cm³/mol. The maximum Gasteiger partial charge on any atom is 0.0994 e. The van der Waals surface area contributed by atoms with Crippen LogP contribution < -0.4 is 5.32 Å². The van der Waals surface area contributed by atoms with Gasteiger partial charge < -0.3 is 5.32 Å². The number of nitrogens with one attached hydrogen (secondary N) is 1. The van der Waals surface area contributed by atoms with Crippen LogP contribution in [0.4, 0.5) is 0 Å². The van der Waals surface area contributed by atoms with E-state index < -0.39 is 0 Å². The van der Waals surface area contributed by atoms with Gasteiger partial charge in [-0.05, 0) is 25.7 Å². The maximum atomic E-state index is 4.81. The molecule has 108 valence electrons. The van der Waals surface area contributed by atoms with Crippen molar-refractivity contribution in [2.45, 2.75) is 79.1 Å². The lowest BCUT2D eigenvalue weighted by Gasteiger charge is -2.19. The van der Waals surface area contributed by atoms with Gasteiger partial charge in [0.25, 0.3) is 0 Å². The Kier molecular flexibility index (Phi) is 12.5. The minimum atomic E-state index is 0.652. The van der Waals surface area contributed by atoms with E-state index in [-0.39, 0.29) is 0 Å². The molecule has 0 aliphatic rings. The highest BCUT2D eigenvalue weighted by Crippen LogP contribution is 2.14. The molecule has 0 fully saturated rings. The average Bonchev–Trinajstić information content (AvgIpc) is 2.39. The minimum absolute atomic E-state index is 0.652. The molecule has 0 bridgehead atoms. The van der Waals surface area contributed by atoms with Crippen molar-refractivity contribution in [1.29, 1.82) is 0 Å². The van der Waals surface area contributed by atoms with Gasteiger partial charge in [-0.15, -0.1) is 0 Å². The summed E-state index contributed by atoms with van der Waals surface area (Å²) in [5.74, 6) is 1.94. The molecule has 0 saturated carbocycles. The summed E-state index contributed by atoms with van der Waals surface area (Å²) in [6.07, 6.45) is 10.0. The molecule has 2 heteroatoms. The maximum absolute atomic E-state index is 4.81. The Morgan fingerprint density at radius 1 is 0.944 bits per heavy atom. The van der Waals surface area contributed by atoms with Crippen LogP contribution in [-0.2, 0) is 0 Å². The highest BCUT2D eigenvalue weighted by Gasteiger charge is 2.12. The third kappa shape index (κ3) is 8.54. The Balaban J connectivity index is 4.33. The van der Waals surface area contributed by atoms with Crippen molar-refractivity contribution < 1.29 is 0 Å². The van der Waals surface area contributed by atoms with Crippen LogP contribution in [0.2, 0.25) is 0 Å². The molecule has 0 amide bonds. The summed E-state index contributed by atoms with van der Waals surface area (Å²) in [6.45, 7) is 11.1. The molecule has 0 aliphatic heterocycles. The number of hydrogen-bond donors (Lipinski definition) is 1. The first kappa shape index (κ1) is 17.5. The summed E-state index contributed by atoms with van der Waals surface area (Å²) < 4.78 is 0. The molecule has 0 aromatic heterocycles. The molecule has 0 aromatic carbocycles. The fraction of sp³-hybridized carbons (Fsp3) is 0.938. The SMILES string of the molecule is CCCCN=C(NCCCC)C(CC)CCCC. The van der Waals surface area contributed by atoms with Crippen LogP contribution in [0.3, 0.4) is 0 Å². The molecule has 2 nitrogen and oxygen atoms in total. The molecule has 0 aromatic rings. The van der Waals surface area contributed by atoms with Crippen molar-refractivity contribution in [3.05, 3.63) is 0 Å². The summed E-state index contributed by atoms with van der Waals surface area (Å²) in [5, 5.41) is 3.59. The number of amidine groups is 1. The van der Waals surface area contributed by atoms with E-state index in [0.717, 1.165) is 13.1 Å². The fourth-order valence-electron chi connectivity index (χ4n) is 2.06. The normalized spacial score (nSPS) is 13.7. The van der Waals surface area contributed by atoms with E-state index in [9.17, 15) is 0 Å². The van der Waals surface area contributed by atoms with Crippen molar-refractivity contribution in [2.24, 2.45) is 10.9 Å². The standard InChI is InChI=1S/C16H34N2/c1-5-9-12-15(8-4)16(17-13-10-6-2)18-14-11-7-3/h15H,5-14H2,1-4H3,(H,17,18). The summed E-state index contributed by atoms with van der Waals surface area (Å²) in [6, 6.07) is 0. The Bertz CT molecular complexity index is 199. The predicted octanol–water partition coefficient (Wildman–Crippen LogP) is 4.79. The summed E-state index contributed by atoms with van der Waals surface area (Å²) in [5.41, 5.74) is 0. The second kappa shape index (κ2) is 12.9. The van der Waals surface area contributed by atoms with Gasteiger partial charge in [0, 0.05) is 19.0 Å². The highest BCUT2D eigenvalue weighted by molar-refractivity contribution is 5.84. The van der Waals surface area contributed by atoms with Crippen LogP contribution in [0, 0.1) is 5.92 Å². The molecule has 0 saturated heterocycles. The molecule has 18 heavy (non-hydrogen) atoms. The molecule has 1 atom stereocenters. The van der Waals surface area contributed by atoms with Crippen molar-refractivity contribution in [1.82, 2.24) is 5.32 Å². The van der Waals surface area contributed by atoms with Crippen LogP contribution in [0.1, 0.15) is 79.1 Å².